The molecule has 1 unspecified atom stereocenters. The van der Waals surface area contributed by atoms with Gasteiger partial charge in [0.15, 0.2) is 0 Å². The number of ether oxygens (including phenoxy) is 1. The average Bonchev–Trinajstić information content (AvgIpc) is 3.53. The molecule has 1 atom stereocenters. The summed E-state index contributed by atoms with van der Waals surface area (Å²) in [5.74, 6) is -0.770. The second-order valence-electron chi connectivity index (χ2n) is 12.0. The number of anilines is 2. The summed E-state index contributed by atoms with van der Waals surface area (Å²) in [7, 11) is 7.24. The first-order valence-corrected chi connectivity index (χ1v) is 14.4. The minimum Gasteiger partial charge on any atom is -1.00 e. The number of nitriles is 1. The Morgan fingerprint density at radius 3 is 2.49 bits per heavy atom. The first-order chi connectivity index (χ1) is 21.6. The Morgan fingerprint density at radius 2 is 1.87 bits per heavy atom. The molecule has 0 spiro atoms. The van der Waals surface area contributed by atoms with Gasteiger partial charge in [-0.2, -0.15) is 23.5 Å². The molecule has 11 nitrogen and oxygen atoms in total. The summed E-state index contributed by atoms with van der Waals surface area (Å²) in [5, 5.41) is 20.8. The minimum atomic E-state index is -4.62. The van der Waals surface area contributed by atoms with E-state index in [1.54, 1.807) is 25.1 Å². The number of methoxy groups -OCH3 is 1. The SMILES string of the molecule is COC(=O)C1=C(C)N(c2cccc(C(F)(F)F)c2)c2n[nH]c(=O)n2C1c1ccc(C#N)cc1CC[N+](C)(C)Cc1cc(C)nn1C.[Cl-]. The molecule has 2 aromatic carbocycles. The van der Waals surface area contributed by atoms with Crippen molar-refractivity contribution in [3.8, 4) is 6.07 Å². The van der Waals surface area contributed by atoms with Crippen LogP contribution in [0.3, 0.4) is 0 Å². The van der Waals surface area contributed by atoms with Gasteiger partial charge >= 0.3 is 17.8 Å². The maximum absolute atomic E-state index is 13.7. The lowest BCUT2D eigenvalue weighted by Crippen LogP contribution is -3.00. The van der Waals surface area contributed by atoms with Crippen molar-refractivity contribution in [2.45, 2.75) is 39.0 Å². The third-order valence-electron chi connectivity index (χ3n) is 8.22. The number of rotatable bonds is 8. The van der Waals surface area contributed by atoms with E-state index in [0.29, 0.717) is 35.1 Å². The lowest BCUT2D eigenvalue weighted by molar-refractivity contribution is -0.903. The monoisotopic (exact) mass is 670 g/mol. The first kappa shape index (κ1) is 35.0. The van der Waals surface area contributed by atoms with Crippen LogP contribution in [0.5, 0.6) is 0 Å². The predicted molar refractivity (Wildman–Crippen MR) is 163 cm³/mol. The summed E-state index contributed by atoms with van der Waals surface area (Å²) in [6, 6.07) is 12.7. The molecule has 3 heterocycles. The van der Waals surface area contributed by atoms with Crippen LogP contribution >= 0.6 is 0 Å². The summed E-state index contributed by atoms with van der Waals surface area (Å²) >= 11 is 0. The van der Waals surface area contributed by atoms with Gasteiger partial charge in [-0.1, -0.05) is 12.1 Å². The number of esters is 1. The number of aryl methyl sites for hydroxylation is 2. The number of hydrogen-bond acceptors (Lipinski definition) is 7. The maximum atomic E-state index is 13.7. The predicted octanol–water partition coefficient (Wildman–Crippen LogP) is 1.51. The van der Waals surface area contributed by atoms with Crippen molar-refractivity contribution >= 4 is 17.6 Å². The first-order valence-electron chi connectivity index (χ1n) is 14.4. The quantitative estimate of drug-likeness (QED) is 0.223. The molecule has 0 saturated heterocycles. The van der Waals surface area contributed by atoms with E-state index in [1.165, 1.54) is 28.7 Å². The fourth-order valence-corrected chi connectivity index (χ4v) is 5.99. The van der Waals surface area contributed by atoms with Crippen molar-refractivity contribution in [2.24, 2.45) is 7.05 Å². The molecule has 47 heavy (non-hydrogen) atoms. The van der Waals surface area contributed by atoms with Gasteiger partial charge in [-0.05, 0) is 61.4 Å². The Labute approximate surface area is 275 Å². The Morgan fingerprint density at radius 1 is 1.15 bits per heavy atom. The highest BCUT2D eigenvalue weighted by Gasteiger charge is 2.41. The zero-order valence-electron chi connectivity index (χ0n) is 26.7. The lowest BCUT2D eigenvalue weighted by Gasteiger charge is -2.36. The van der Waals surface area contributed by atoms with Crippen LogP contribution in [0.4, 0.5) is 24.8 Å². The van der Waals surface area contributed by atoms with E-state index >= 15 is 0 Å². The average molecular weight is 671 g/mol. The number of hydrogen-bond donors (Lipinski definition) is 1. The van der Waals surface area contributed by atoms with E-state index in [0.717, 1.165) is 29.1 Å². The van der Waals surface area contributed by atoms with Crippen molar-refractivity contribution in [1.82, 2.24) is 24.5 Å². The second-order valence-corrected chi connectivity index (χ2v) is 12.0. The van der Waals surface area contributed by atoms with E-state index in [4.69, 9.17) is 4.74 Å². The van der Waals surface area contributed by atoms with Gasteiger partial charge in [0.05, 0.1) is 61.9 Å². The van der Waals surface area contributed by atoms with Crippen molar-refractivity contribution < 1.29 is 39.6 Å². The molecular weight excluding hydrogens is 637 g/mol. The van der Waals surface area contributed by atoms with Gasteiger partial charge in [-0.25, -0.2) is 19.3 Å². The number of carbonyl (C=O) groups excluding carboxylic acids is 1. The number of H-pyrrole nitrogens is 1. The number of nitrogens with zero attached hydrogens (tertiary/aromatic N) is 7. The molecule has 0 fully saturated rings. The van der Waals surface area contributed by atoms with E-state index < -0.39 is 29.4 Å². The highest BCUT2D eigenvalue weighted by Crippen LogP contribution is 2.43. The Hall–Kier alpha value is -4.87. The highest BCUT2D eigenvalue weighted by molar-refractivity contribution is 5.93. The molecule has 5 rings (SSSR count). The van der Waals surface area contributed by atoms with Crippen LogP contribution < -0.4 is 23.0 Å². The Bertz CT molecular complexity index is 1950. The minimum absolute atomic E-state index is 0. The van der Waals surface area contributed by atoms with Gasteiger partial charge in [-0.3, -0.25) is 9.58 Å². The van der Waals surface area contributed by atoms with Crippen LogP contribution in [-0.2, 0) is 35.7 Å². The summed E-state index contributed by atoms with van der Waals surface area (Å²) < 4.78 is 49.8. The standard InChI is InChI=1S/C32H33F3N8O3.ClH/c1-19-14-25(40(3)39-19)18-43(4,5)13-12-22-15-21(17-36)10-11-26(22)28-27(29(44)46-6)20(2)41(30-37-38-31(45)42(28)30)24-9-7-8-23(16-24)32(33,34)35;/h7-11,14-16,28H,12-13,18H2,1-6H3;1H. The third kappa shape index (κ3) is 6.81. The molecule has 4 aromatic rings. The summed E-state index contributed by atoms with van der Waals surface area (Å²) in [5.41, 5.74) is 2.39. The van der Waals surface area contributed by atoms with E-state index in [1.807, 2.05) is 24.7 Å². The number of likely N-dealkylation sites (N-methyl/N-ethyl adjacent to an activating group) is 1. The molecule has 0 bridgehead atoms. The van der Waals surface area contributed by atoms with Gasteiger partial charge in [0.25, 0.3) is 0 Å². The Balaban J connectivity index is 0.00000500. The molecule has 2 aromatic heterocycles. The van der Waals surface area contributed by atoms with E-state index in [-0.39, 0.29) is 35.3 Å². The van der Waals surface area contributed by atoms with Gasteiger partial charge < -0.3 is 21.6 Å². The fourth-order valence-electron chi connectivity index (χ4n) is 5.99. The van der Waals surface area contributed by atoms with Crippen LogP contribution in [0.25, 0.3) is 0 Å². The second kappa shape index (κ2) is 13.1. The van der Waals surface area contributed by atoms with Crippen LogP contribution in [0.15, 0.2) is 64.6 Å². The highest BCUT2D eigenvalue weighted by atomic mass is 35.5. The molecular formula is C32H34ClF3N8O3. The molecule has 0 amide bonds. The normalized spacial score (nSPS) is 14.8. The zero-order chi connectivity index (χ0) is 33.6. The molecule has 1 aliphatic heterocycles. The topological polar surface area (TPSA) is 122 Å². The molecule has 248 valence electrons. The van der Waals surface area contributed by atoms with Gasteiger partial charge in [0.2, 0.25) is 5.95 Å². The Kier molecular flexibility index (Phi) is 9.75. The summed E-state index contributed by atoms with van der Waals surface area (Å²) in [6.45, 7) is 4.81. The number of benzene rings is 2. The molecule has 1 N–H and O–H groups in total. The van der Waals surface area contributed by atoms with Crippen LogP contribution in [0.2, 0.25) is 0 Å². The molecule has 0 radical (unpaired) electrons. The van der Waals surface area contributed by atoms with Crippen LogP contribution in [0, 0.1) is 18.3 Å². The largest absolute Gasteiger partial charge is 1.00 e. The van der Waals surface area contributed by atoms with Crippen LogP contribution in [0.1, 0.15) is 46.6 Å². The van der Waals surface area contributed by atoms with Crippen LogP contribution in [-0.4, -0.2) is 62.7 Å². The van der Waals surface area contributed by atoms with Crippen molar-refractivity contribution in [3.05, 3.63) is 104 Å². The number of aromatic nitrogens is 5. The molecule has 1 aliphatic rings. The smallest absolute Gasteiger partial charge is 0.416 e. The molecule has 0 aliphatic carbocycles. The number of halogens is 4. The van der Waals surface area contributed by atoms with Gasteiger partial charge in [0.1, 0.15) is 12.6 Å². The van der Waals surface area contributed by atoms with E-state index in [9.17, 15) is 28.0 Å². The number of allylic oxidation sites excluding steroid dienone is 1. The van der Waals surface area contributed by atoms with Crippen molar-refractivity contribution in [3.63, 3.8) is 0 Å². The fraction of sp³-hybridized carbons (Fsp3) is 0.344. The van der Waals surface area contributed by atoms with Gasteiger partial charge in [0, 0.05) is 24.9 Å². The third-order valence-corrected chi connectivity index (χ3v) is 8.22. The summed E-state index contributed by atoms with van der Waals surface area (Å²) in [4.78, 5) is 28.2. The van der Waals surface area contributed by atoms with Crippen molar-refractivity contribution in [2.75, 3.05) is 32.6 Å². The molecule has 15 heteroatoms. The van der Waals surface area contributed by atoms with E-state index in [2.05, 4.69) is 35.5 Å². The number of alkyl halides is 3. The maximum Gasteiger partial charge on any atom is 0.416 e. The number of aromatic amines is 1. The number of nitrogens with one attached hydrogen (secondary N) is 1. The summed E-state index contributed by atoms with van der Waals surface area (Å²) in [6.07, 6.45) is -4.15. The van der Waals surface area contributed by atoms with Crippen molar-refractivity contribution in [1.29, 1.82) is 5.26 Å². The number of quaternary nitrogens is 1. The zero-order valence-corrected chi connectivity index (χ0v) is 27.4. The lowest BCUT2D eigenvalue weighted by atomic mass is 9.89. The number of fused-ring (bicyclic) bond motifs is 1. The number of carbonyl (C=O) groups is 1. The molecule has 0 saturated carbocycles. The van der Waals surface area contributed by atoms with Gasteiger partial charge in [-0.15, -0.1) is 5.10 Å².